The maximum Gasteiger partial charge on any atom is 0.264 e. The van der Waals surface area contributed by atoms with Gasteiger partial charge in [-0.25, -0.2) is 12.8 Å². The third-order valence-corrected chi connectivity index (χ3v) is 7.90. The van der Waals surface area contributed by atoms with Crippen molar-refractivity contribution >= 4 is 39.1 Å². The Bertz CT molecular complexity index is 1380. The quantitative estimate of drug-likeness (QED) is 0.382. The van der Waals surface area contributed by atoms with E-state index in [0.29, 0.717) is 10.6 Å². The largest absolute Gasteiger partial charge is 0.352 e. The minimum absolute atomic E-state index is 0.0123. The molecule has 1 N–H and O–H groups in total. The molecule has 0 aliphatic carbocycles. The minimum atomic E-state index is -4.34. The topological polar surface area (TPSA) is 86.8 Å². The first-order valence-corrected chi connectivity index (χ1v) is 13.9. The number of hydrogen-bond donors (Lipinski definition) is 1. The molecule has 1 unspecified atom stereocenters. The van der Waals surface area contributed by atoms with Crippen LogP contribution in [0.2, 0.25) is 5.02 Å². The maximum absolute atomic E-state index is 14.9. The molecule has 0 fully saturated rings. The normalized spacial score (nSPS) is 12.2. The van der Waals surface area contributed by atoms with Gasteiger partial charge in [0.25, 0.3) is 10.0 Å². The first-order valence-electron chi connectivity index (χ1n) is 12.1. The van der Waals surface area contributed by atoms with Crippen molar-refractivity contribution in [2.24, 2.45) is 0 Å². The van der Waals surface area contributed by atoms with Crippen molar-refractivity contribution < 1.29 is 22.4 Å². The summed E-state index contributed by atoms with van der Waals surface area (Å²) >= 11 is 6.00. The number of amides is 2. The smallest absolute Gasteiger partial charge is 0.264 e. The van der Waals surface area contributed by atoms with Gasteiger partial charge in [-0.05, 0) is 69.7 Å². The summed E-state index contributed by atoms with van der Waals surface area (Å²) in [6.45, 7) is 6.26. The highest BCUT2D eigenvalue weighted by atomic mass is 35.5. The van der Waals surface area contributed by atoms with Crippen LogP contribution in [-0.2, 0) is 26.2 Å². The molecule has 0 aromatic heterocycles. The maximum atomic E-state index is 14.9. The average Bonchev–Trinajstić information content (AvgIpc) is 2.86. The molecule has 38 heavy (non-hydrogen) atoms. The van der Waals surface area contributed by atoms with Gasteiger partial charge in [0.15, 0.2) is 0 Å². The number of para-hydroxylation sites is 1. The molecule has 0 bridgehead atoms. The highest BCUT2D eigenvalue weighted by Gasteiger charge is 2.33. The van der Waals surface area contributed by atoms with Crippen LogP contribution in [0.1, 0.15) is 31.9 Å². The van der Waals surface area contributed by atoms with Gasteiger partial charge in [0.1, 0.15) is 18.4 Å². The number of hydrogen-bond acceptors (Lipinski definition) is 4. The van der Waals surface area contributed by atoms with Crippen molar-refractivity contribution in [2.75, 3.05) is 10.8 Å². The fourth-order valence-corrected chi connectivity index (χ4v) is 5.33. The van der Waals surface area contributed by atoms with Crippen LogP contribution in [0.15, 0.2) is 77.7 Å². The molecule has 0 aliphatic rings. The first kappa shape index (κ1) is 29.1. The minimum Gasteiger partial charge on any atom is -0.352 e. The predicted octanol–water partition coefficient (Wildman–Crippen LogP) is 4.92. The lowest BCUT2D eigenvalue weighted by Gasteiger charge is -2.32. The Morgan fingerprint density at radius 3 is 2.13 bits per heavy atom. The summed E-state index contributed by atoms with van der Waals surface area (Å²) in [5.41, 5.74) is 1.26. The number of carbonyl (C=O) groups excluding carboxylic acids is 2. The van der Waals surface area contributed by atoms with Crippen LogP contribution < -0.4 is 9.62 Å². The summed E-state index contributed by atoms with van der Waals surface area (Å²) in [5, 5.41) is 3.29. The third kappa shape index (κ3) is 7.11. The summed E-state index contributed by atoms with van der Waals surface area (Å²) in [7, 11) is -4.34. The Kier molecular flexibility index (Phi) is 9.51. The van der Waals surface area contributed by atoms with Crippen LogP contribution in [-0.4, -0.2) is 43.8 Å². The van der Waals surface area contributed by atoms with E-state index in [1.54, 1.807) is 57.2 Å². The zero-order valence-corrected chi connectivity index (χ0v) is 23.3. The summed E-state index contributed by atoms with van der Waals surface area (Å²) in [6.07, 6.45) is 0. The molecule has 10 heteroatoms. The Labute approximate surface area is 228 Å². The van der Waals surface area contributed by atoms with Gasteiger partial charge in [-0.2, -0.15) is 0 Å². The lowest BCUT2D eigenvalue weighted by molar-refractivity contribution is -0.139. The number of nitrogens with zero attached hydrogens (tertiary/aromatic N) is 2. The lowest BCUT2D eigenvalue weighted by Crippen LogP contribution is -2.52. The molecular formula is C28H31ClFN3O4S. The number of rotatable bonds is 10. The van der Waals surface area contributed by atoms with Crippen LogP contribution in [0, 0.1) is 12.7 Å². The number of aryl methyl sites for hydroxylation is 1. The lowest BCUT2D eigenvalue weighted by atomic mass is 10.1. The average molecular weight is 560 g/mol. The molecule has 3 aromatic rings. The fraction of sp³-hybridized carbons (Fsp3) is 0.286. The second-order valence-corrected chi connectivity index (χ2v) is 11.6. The molecule has 3 rings (SSSR count). The van der Waals surface area contributed by atoms with E-state index >= 15 is 0 Å². The molecule has 7 nitrogen and oxygen atoms in total. The van der Waals surface area contributed by atoms with Gasteiger partial charge in [0.2, 0.25) is 11.8 Å². The molecule has 0 saturated carbocycles. The monoisotopic (exact) mass is 559 g/mol. The molecule has 0 aliphatic heterocycles. The third-order valence-electron chi connectivity index (χ3n) is 5.87. The van der Waals surface area contributed by atoms with Crippen molar-refractivity contribution in [1.82, 2.24) is 10.2 Å². The van der Waals surface area contributed by atoms with E-state index in [4.69, 9.17) is 11.6 Å². The number of sulfonamides is 1. The van der Waals surface area contributed by atoms with Gasteiger partial charge in [0.05, 0.1) is 10.6 Å². The Morgan fingerprint density at radius 1 is 0.947 bits per heavy atom. The number of halogens is 2. The molecule has 1 atom stereocenters. The molecule has 0 heterocycles. The number of nitrogens with one attached hydrogen (secondary N) is 1. The van der Waals surface area contributed by atoms with Crippen LogP contribution in [0.25, 0.3) is 0 Å². The molecule has 3 aromatic carbocycles. The van der Waals surface area contributed by atoms with Gasteiger partial charge in [0, 0.05) is 17.6 Å². The van der Waals surface area contributed by atoms with Crippen molar-refractivity contribution in [2.45, 2.75) is 51.2 Å². The van der Waals surface area contributed by atoms with Gasteiger partial charge < -0.3 is 10.2 Å². The second-order valence-electron chi connectivity index (χ2n) is 9.26. The summed E-state index contributed by atoms with van der Waals surface area (Å²) < 4.78 is 43.0. The highest BCUT2D eigenvalue weighted by molar-refractivity contribution is 7.92. The predicted molar refractivity (Wildman–Crippen MR) is 147 cm³/mol. The van der Waals surface area contributed by atoms with E-state index in [1.807, 2.05) is 6.92 Å². The zero-order chi connectivity index (χ0) is 28.0. The Morgan fingerprint density at radius 2 is 1.55 bits per heavy atom. The van der Waals surface area contributed by atoms with E-state index < -0.39 is 40.2 Å². The molecule has 202 valence electrons. The summed E-state index contributed by atoms with van der Waals surface area (Å²) in [6, 6.07) is 17.1. The van der Waals surface area contributed by atoms with Crippen LogP contribution >= 0.6 is 11.6 Å². The Hall–Kier alpha value is -3.43. The fourth-order valence-electron chi connectivity index (χ4n) is 3.78. The van der Waals surface area contributed by atoms with Gasteiger partial charge in [-0.15, -0.1) is 0 Å². The van der Waals surface area contributed by atoms with Crippen LogP contribution in [0.3, 0.4) is 0 Å². The van der Waals surface area contributed by atoms with Gasteiger partial charge in [-0.3, -0.25) is 13.9 Å². The van der Waals surface area contributed by atoms with E-state index in [1.165, 1.54) is 35.2 Å². The SMILES string of the molecule is Cc1ccc(S(=O)(=O)N(CC(=O)N(Cc2ccc(Cl)cc2)C(C)C(=O)NC(C)C)c2ccccc2F)cc1. The summed E-state index contributed by atoms with van der Waals surface area (Å²) in [5.74, 6) is -1.88. The Balaban J connectivity index is 2.04. The summed E-state index contributed by atoms with van der Waals surface area (Å²) in [4.78, 5) is 27.8. The van der Waals surface area contributed by atoms with Crippen molar-refractivity contribution in [3.63, 3.8) is 0 Å². The molecule has 0 spiro atoms. The molecule has 0 saturated heterocycles. The van der Waals surface area contributed by atoms with E-state index in [0.717, 1.165) is 15.9 Å². The van der Waals surface area contributed by atoms with Gasteiger partial charge in [-0.1, -0.05) is 53.6 Å². The number of anilines is 1. The highest BCUT2D eigenvalue weighted by Crippen LogP contribution is 2.27. The molecular weight excluding hydrogens is 529 g/mol. The van der Waals surface area contributed by atoms with Crippen molar-refractivity contribution in [3.8, 4) is 0 Å². The van der Waals surface area contributed by atoms with Crippen LogP contribution in [0.5, 0.6) is 0 Å². The second kappa shape index (κ2) is 12.4. The van der Waals surface area contributed by atoms with E-state index in [-0.39, 0.29) is 23.2 Å². The van der Waals surface area contributed by atoms with E-state index in [9.17, 15) is 22.4 Å². The molecule has 0 radical (unpaired) electrons. The van der Waals surface area contributed by atoms with Crippen LogP contribution in [0.4, 0.5) is 10.1 Å². The molecule has 2 amide bonds. The van der Waals surface area contributed by atoms with Crippen molar-refractivity contribution in [3.05, 3.63) is 94.8 Å². The van der Waals surface area contributed by atoms with E-state index in [2.05, 4.69) is 5.32 Å². The zero-order valence-electron chi connectivity index (χ0n) is 21.7. The first-order chi connectivity index (χ1) is 17.9. The number of carbonyl (C=O) groups is 2. The van der Waals surface area contributed by atoms with Crippen molar-refractivity contribution in [1.29, 1.82) is 0 Å². The standard InChI is InChI=1S/C28H31ClFN3O4S/c1-19(2)31-28(35)21(4)32(17-22-11-13-23(29)14-12-22)27(34)18-33(26-8-6-5-7-25(26)30)38(36,37)24-15-9-20(3)10-16-24/h5-16,19,21H,17-18H2,1-4H3,(H,31,35). The number of benzene rings is 3. The van der Waals surface area contributed by atoms with Gasteiger partial charge >= 0.3 is 0 Å².